The van der Waals surface area contributed by atoms with Gasteiger partial charge in [-0.1, -0.05) is 100 Å². The SMILES string of the molecule is CCCCCC(C(=O)C(C)N1C(=O)C2CCCCCCC21)C(C)NC(C)(C)C(=O)CC(NC(=O)c1ccccc1)c1ccccc1. The van der Waals surface area contributed by atoms with Crippen LogP contribution in [0.1, 0.15) is 127 Å². The molecule has 1 aliphatic heterocycles. The molecule has 2 fully saturated rings. The van der Waals surface area contributed by atoms with E-state index in [9.17, 15) is 19.2 Å². The van der Waals surface area contributed by atoms with Crippen LogP contribution in [0.3, 0.4) is 0 Å². The van der Waals surface area contributed by atoms with Gasteiger partial charge in [-0.25, -0.2) is 0 Å². The van der Waals surface area contributed by atoms with Gasteiger partial charge in [0.15, 0.2) is 11.6 Å². The number of carbonyl (C=O) groups is 4. The number of amides is 2. The Morgan fingerprint density at radius 1 is 0.891 bits per heavy atom. The first-order chi connectivity index (χ1) is 22.0. The molecule has 0 bridgehead atoms. The first-order valence-electron chi connectivity index (χ1n) is 17.6. The number of unbranched alkanes of at least 4 members (excludes halogenated alkanes) is 2. The third-order valence-electron chi connectivity index (χ3n) is 10.3. The van der Waals surface area contributed by atoms with Crippen molar-refractivity contribution >= 4 is 23.4 Å². The van der Waals surface area contributed by atoms with Crippen molar-refractivity contribution in [2.75, 3.05) is 0 Å². The molecule has 1 saturated carbocycles. The molecule has 0 aromatic heterocycles. The molecule has 46 heavy (non-hydrogen) atoms. The zero-order valence-electron chi connectivity index (χ0n) is 28.6. The van der Waals surface area contributed by atoms with Crippen molar-refractivity contribution in [1.29, 1.82) is 0 Å². The predicted molar refractivity (Wildman–Crippen MR) is 183 cm³/mol. The maximum Gasteiger partial charge on any atom is 0.251 e. The summed E-state index contributed by atoms with van der Waals surface area (Å²) in [7, 11) is 0. The number of nitrogens with one attached hydrogen (secondary N) is 2. The average Bonchev–Trinajstić information content (AvgIpc) is 3.04. The molecule has 2 aliphatic rings. The molecule has 2 aromatic rings. The molecule has 7 nitrogen and oxygen atoms in total. The number of fused-ring (bicyclic) bond motifs is 1. The number of Topliss-reactive ketones (excluding diaryl/α,β-unsaturated/α-hetero) is 2. The molecule has 1 heterocycles. The Kier molecular flexibility index (Phi) is 12.7. The van der Waals surface area contributed by atoms with Gasteiger partial charge in [0.05, 0.1) is 23.5 Å². The van der Waals surface area contributed by atoms with Crippen LogP contribution in [0.5, 0.6) is 0 Å². The minimum Gasteiger partial charge on any atom is -0.345 e. The summed E-state index contributed by atoms with van der Waals surface area (Å²) in [5, 5.41) is 6.61. The third-order valence-corrected chi connectivity index (χ3v) is 10.3. The molecular formula is C39H55N3O4. The molecule has 0 spiro atoms. The molecule has 0 radical (unpaired) electrons. The summed E-state index contributed by atoms with van der Waals surface area (Å²) in [6.07, 6.45) is 10.3. The topological polar surface area (TPSA) is 95.6 Å². The van der Waals surface area contributed by atoms with E-state index >= 15 is 0 Å². The lowest BCUT2D eigenvalue weighted by Gasteiger charge is -2.51. The van der Waals surface area contributed by atoms with Crippen LogP contribution in [0.15, 0.2) is 60.7 Å². The lowest BCUT2D eigenvalue weighted by Crippen LogP contribution is -2.66. The van der Waals surface area contributed by atoms with Crippen molar-refractivity contribution in [3.05, 3.63) is 71.8 Å². The summed E-state index contributed by atoms with van der Waals surface area (Å²) in [6.45, 7) is 9.78. The molecule has 1 aliphatic carbocycles. The van der Waals surface area contributed by atoms with E-state index in [4.69, 9.17) is 0 Å². The summed E-state index contributed by atoms with van der Waals surface area (Å²) in [5.41, 5.74) is 0.446. The number of likely N-dealkylation sites (tertiary alicyclic amines) is 1. The Balaban J connectivity index is 1.47. The summed E-state index contributed by atoms with van der Waals surface area (Å²) in [6, 6.07) is 17.5. The first kappa shape index (κ1) is 35.5. The molecule has 7 heteroatoms. The van der Waals surface area contributed by atoms with Crippen molar-refractivity contribution < 1.29 is 19.2 Å². The van der Waals surface area contributed by atoms with E-state index in [1.54, 1.807) is 12.1 Å². The van der Waals surface area contributed by atoms with E-state index < -0.39 is 17.6 Å². The highest BCUT2D eigenvalue weighted by atomic mass is 16.2. The summed E-state index contributed by atoms with van der Waals surface area (Å²) >= 11 is 0. The molecule has 1 saturated heterocycles. The number of ketones is 2. The second kappa shape index (κ2) is 16.5. The molecule has 2 amide bonds. The average molecular weight is 630 g/mol. The maximum atomic E-state index is 14.2. The fourth-order valence-corrected chi connectivity index (χ4v) is 7.50. The minimum atomic E-state index is -0.951. The van der Waals surface area contributed by atoms with E-state index in [1.165, 1.54) is 12.8 Å². The normalized spacial score (nSPS) is 21.1. The lowest BCUT2D eigenvalue weighted by atomic mass is 9.75. The fraction of sp³-hybridized carbons (Fsp3) is 0.590. The highest BCUT2D eigenvalue weighted by molar-refractivity contribution is 5.96. The van der Waals surface area contributed by atoms with E-state index in [0.717, 1.165) is 50.5 Å². The molecule has 250 valence electrons. The Morgan fingerprint density at radius 2 is 1.52 bits per heavy atom. The van der Waals surface area contributed by atoms with Crippen molar-refractivity contribution in [3.63, 3.8) is 0 Å². The minimum absolute atomic E-state index is 0.0512. The second-order valence-corrected chi connectivity index (χ2v) is 14.1. The smallest absolute Gasteiger partial charge is 0.251 e. The zero-order chi connectivity index (χ0) is 33.3. The summed E-state index contributed by atoms with van der Waals surface area (Å²) in [4.78, 5) is 56.4. The van der Waals surface area contributed by atoms with Gasteiger partial charge in [-0.05, 0) is 64.7 Å². The van der Waals surface area contributed by atoms with Crippen LogP contribution in [-0.2, 0) is 14.4 Å². The fourth-order valence-electron chi connectivity index (χ4n) is 7.50. The zero-order valence-corrected chi connectivity index (χ0v) is 28.6. The number of hydrogen-bond donors (Lipinski definition) is 2. The lowest BCUT2D eigenvalue weighted by molar-refractivity contribution is -0.166. The second-order valence-electron chi connectivity index (χ2n) is 14.1. The monoisotopic (exact) mass is 629 g/mol. The van der Waals surface area contributed by atoms with Gasteiger partial charge in [-0.2, -0.15) is 0 Å². The number of hydrogen-bond acceptors (Lipinski definition) is 5. The molecule has 6 unspecified atom stereocenters. The van der Waals surface area contributed by atoms with Crippen LogP contribution in [-0.4, -0.2) is 51.9 Å². The van der Waals surface area contributed by atoms with E-state index in [0.29, 0.717) is 12.0 Å². The maximum absolute atomic E-state index is 14.2. The van der Waals surface area contributed by atoms with Gasteiger partial charge in [0.2, 0.25) is 5.91 Å². The van der Waals surface area contributed by atoms with Crippen molar-refractivity contribution in [2.24, 2.45) is 11.8 Å². The van der Waals surface area contributed by atoms with Crippen molar-refractivity contribution in [3.8, 4) is 0 Å². The van der Waals surface area contributed by atoms with Gasteiger partial charge < -0.3 is 15.5 Å². The van der Waals surface area contributed by atoms with Gasteiger partial charge in [-0.15, -0.1) is 0 Å². The Bertz CT molecular complexity index is 1310. The van der Waals surface area contributed by atoms with E-state index in [1.807, 2.05) is 81.1 Å². The summed E-state index contributed by atoms with van der Waals surface area (Å²) in [5.74, 6) is -0.308. The quantitative estimate of drug-likeness (QED) is 0.151. The molecule has 6 atom stereocenters. The van der Waals surface area contributed by atoms with Gasteiger partial charge >= 0.3 is 0 Å². The number of rotatable bonds is 16. The van der Waals surface area contributed by atoms with Gasteiger partial charge in [0, 0.05) is 30.0 Å². The largest absolute Gasteiger partial charge is 0.345 e. The first-order valence-corrected chi connectivity index (χ1v) is 17.6. The van der Waals surface area contributed by atoms with E-state index in [2.05, 4.69) is 17.6 Å². The molecule has 2 aromatic carbocycles. The highest BCUT2D eigenvalue weighted by Gasteiger charge is 2.51. The standard InChI is InChI=1S/C39H55N3O4/c1-6-7-12-23-31(36(44)28(3)42-34-25-18-9-8-17-24-32(34)38(42)46)27(2)41-39(4,5)35(43)26-33(29-19-13-10-14-20-29)40-37(45)30-21-15-11-16-22-30/h10-11,13-16,19-22,27-28,31-34,41H,6-9,12,17-18,23-26H2,1-5H3,(H,40,45). The van der Waals surface area contributed by atoms with Crippen LogP contribution in [0.25, 0.3) is 0 Å². The van der Waals surface area contributed by atoms with Crippen LogP contribution < -0.4 is 10.6 Å². The van der Waals surface area contributed by atoms with Crippen LogP contribution >= 0.6 is 0 Å². The van der Waals surface area contributed by atoms with Crippen LogP contribution in [0.4, 0.5) is 0 Å². The molecule has 2 N–H and O–H groups in total. The van der Waals surface area contributed by atoms with Gasteiger partial charge in [-0.3, -0.25) is 19.2 Å². The molecular weight excluding hydrogens is 574 g/mol. The number of nitrogens with zero attached hydrogens (tertiary/aromatic N) is 1. The Labute approximate surface area is 276 Å². The number of carbonyl (C=O) groups excluding carboxylic acids is 4. The predicted octanol–water partition coefficient (Wildman–Crippen LogP) is 7.21. The van der Waals surface area contributed by atoms with Crippen LogP contribution in [0, 0.1) is 11.8 Å². The Morgan fingerprint density at radius 3 is 2.17 bits per heavy atom. The van der Waals surface area contributed by atoms with Crippen LogP contribution in [0.2, 0.25) is 0 Å². The number of benzene rings is 2. The molecule has 4 rings (SSSR count). The van der Waals surface area contributed by atoms with E-state index in [-0.39, 0.29) is 53.7 Å². The van der Waals surface area contributed by atoms with Crippen molar-refractivity contribution in [2.45, 2.75) is 135 Å². The van der Waals surface area contributed by atoms with Crippen molar-refractivity contribution in [1.82, 2.24) is 15.5 Å². The Hall–Kier alpha value is -3.32. The summed E-state index contributed by atoms with van der Waals surface area (Å²) < 4.78 is 0. The third kappa shape index (κ3) is 8.72. The van der Waals surface area contributed by atoms with Gasteiger partial charge in [0.1, 0.15) is 0 Å². The van der Waals surface area contributed by atoms with Gasteiger partial charge in [0.25, 0.3) is 5.91 Å². The highest BCUT2D eigenvalue weighted by Crippen LogP contribution is 2.39. The number of β-lactam (4-membered cyclic amide) rings is 1.